The molecule has 1 heterocycles. The molecule has 2 aliphatic rings. The number of carbonyl (C=O) groups excluding carboxylic acids is 1. The monoisotopic (exact) mass is 486 g/mol. The lowest BCUT2D eigenvalue weighted by molar-refractivity contribution is -0.155. The summed E-state index contributed by atoms with van der Waals surface area (Å²) >= 11 is 0. The van der Waals surface area contributed by atoms with E-state index in [1.807, 2.05) is 41.1 Å². The number of carbonyl (C=O) groups is 2. The van der Waals surface area contributed by atoms with E-state index in [0.717, 1.165) is 34.9 Å². The number of benzene rings is 3. The zero-order chi connectivity index (χ0) is 25.0. The predicted octanol–water partition coefficient (Wildman–Crippen LogP) is 5.36. The summed E-state index contributed by atoms with van der Waals surface area (Å²) in [6.45, 7) is 0.490. The Morgan fingerprint density at radius 3 is 2.64 bits per heavy atom. The molecular formula is C29H27FN2O4. The second-order valence-corrected chi connectivity index (χ2v) is 10.3. The van der Waals surface area contributed by atoms with Crippen molar-refractivity contribution in [1.29, 1.82) is 0 Å². The van der Waals surface area contributed by atoms with Crippen molar-refractivity contribution in [1.82, 2.24) is 9.88 Å². The molecule has 6 nitrogen and oxygen atoms in total. The summed E-state index contributed by atoms with van der Waals surface area (Å²) in [7, 11) is 1.65. The number of fused-ring (bicyclic) bond motifs is 2. The molecule has 1 amide bonds. The van der Waals surface area contributed by atoms with E-state index in [1.165, 1.54) is 6.07 Å². The van der Waals surface area contributed by atoms with Gasteiger partial charge in [0.1, 0.15) is 11.6 Å². The number of aromatic nitrogens is 1. The average molecular weight is 487 g/mol. The fourth-order valence-electron chi connectivity index (χ4n) is 6.23. The average Bonchev–Trinajstić information content (AvgIpc) is 3.23. The number of rotatable bonds is 6. The summed E-state index contributed by atoms with van der Waals surface area (Å²) in [5.41, 5.74) is 2.11. The number of nitrogens with one attached hydrogen (secondary N) is 1. The minimum absolute atomic E-state index is 0.0197. The van der Waals surface area contributed by atoms with Gasteiger partial charge in [0.25, 0.3) is 5.91 Å². The molecule has 7 heteroatoms. The molecule has 0 aliphatic heterocycles. The van der Waals surface area contributed by atoms with Gasteiger partial charge in [-0.1, -0.05) is 24.3 Å². The fourth-order valence-corrected chi connectivity index (χ4v) is 6.23. The van der Waals surface area contributed by atoms with Crippen molar-refractivity contribution in [2.24, 2.45) is 11.3 Å². The van der Waals surface area contributed by atoms with E-state index in [9.17, 15) is 14.0 Å². The van der Waals surface area contributed by atoms with Crippen molar-refractivity contribution in [3.8, 4) is 5.75 Å². The molecule has 2 fully saturated rings. The van der Waals surface area contributed by atoms with Gasteiger partial charge in [-0.05, 0) is 72.4 Å². The quantitative estimate of drug-likeness (QED) is 0.384. The molecular weight excluding hydrogens is 459 g/mol. The third-order valence-corrected chi connectivity index (χ3v) is 8.00. The van der Waals surface area contributed by atoms with Crippen LogP contribution in [-0.2, 0) is 11.3 Å². The number of carboxylic acid groups (broad SMARTS) is 1. The van der Waals surface area contributed by atoms with E-state index in [1.54, 1.807) is 19.2 Å². The Hall–Kier alpha value is -3.87. The van der Waals surface area contributed by atoms with Gasteiger partial charge in [0.2, 0.25) is 0 Å². The molecule has 36 heavy (non-hydrogen) atoms. The summed E-state index contributed by atoms with van der Waals surface area (Å²) in [6.07, 6.45) is 4.80. The van der Waals surface area contributed by atoms with Crippen molar-refractivity contribution in [3.63, 3.8) is 0 Å². The van der Waals surface area contributed by atoms with Crippen LogP contribution >= 0.6 is 0 Å². The summed E-state index contributed by atoms with van der Waals surface area (Å²) in [5, 5.41) is 14.7. The maximum Gasteiger partial charge on any atom is 0.306 e. The SMILES string of the molecule is COc1cccc2cc(Cn3ccc4c(F)ccc(C(=O)NC5CC6(C5)CC(C(=O)O)C6)c43)ccc12. The molecule has 1 aromatic heterocycles. The lowest BCUT2D eigenvalue weighted by atomic mass is 9.50. The normalized spacial score (nSPS) is 22.8. The molecule has 6 rings (SSSR count). The number of hydrogen-bond donors (Lipinski definition) is 2. The smallest absolute Gasteiger partial charge is 0.306 e. The van der Waals surface area contributed by atoms with Gasteiger partial charge < -0.3 is 19.7 Å². The van der Waals surface area contributed by atoms with Gasteiger partial charge >= 0.3 is 5.97 Å². The Bertz CT molecular complexity index is 1510. The number of amides is 1. The van der Waals surface area contributed by atoms with Crippen molar-refractivity contribution in [3.05, 3.63) is 77.7 Å². The fraction of sp³-hybridized carbons (Fsp3) is 0.310. The Balaban J connectivity index is 1.24. The van der Waals surface area contributed by atoms with Crippen LogP contribution in [0.4, 0.5) is 4.39 Å². The lowest BCUT2D eigenvalue weighted by Crippen LogP contribution is -2.57. The van der Waals surface area contributed by atoms with Crippen LogP contribution in [0.15, 0.2) is 60.8 Å². The van der Waals surface area contributed by atoms with Crippen molar-refractivity contribution in [2.45, 2.75) is 38.3 Å². The second kappa shape index (κ2) is 8.36. The highest BCUT2D eigenvalue weighted by molar-refractivity contribution is 6.06. The largest absolute Gasteiger partial charge is 0.496 e. The Morgan fingerprint density at radius 2 is 1.89 bits per heavy atom. The van der Waals surface area contributed by atoms with Crippen LogP contribution in [0.3, 0.4) is 0 Å². The van der Waals surface area contributed by atoms with Crippen LogP contribution in [0.1, 0.15) is 41.6 Å². The third-order valence-electron chi connectivity index (χ3n) is 8.00. The van der Waals surface area contributed by atoms with E-state index >= 15 is 0 Å². The number of methoxy groups -OCH3 is 1. The molecule has 0 bridgehead atoms. The van der Waals surface area contributed by atoms with E-state index in [4.69, 9.17) is 9.84 Å². The van der Waals surface area contributed by atoms with Gasteiger partial charge in [0.15, 0.2) is 0 Å². The van der Waals surface area contributed by atoms with E-state index in [-0.39, 0.29) is 29.1 Å². The summed E-state index contributed by atoms with van der Waals surface area (Å²) < 4.78 is 22.0. The molecule has 3 aromatic carbocycles. The number of nitrogens with zero attached hydrogens (tertiary/aromatic N) is 1. The molecule has 4 aromatic rings. The first-order chi connectivity index (χ1) is 17.4. The summed E-state index contributed by atoms with van der Waals surface area (Å²) in [5.74, 6) is -0.756. The minimum atomic E-state index is -0.729. The second-order valence-electron chi connectivity index (χ2n) is 10.3. The third kappa shape index (κ3) is 3.70. The number of hydrogen-bond acceptors (Lipinski definition) is 3. The van der Waals surface area contributed by atoms with E-state index < -0.39 is 5.97 Å². The van der Waals surface area contributed by atoms with Crippen molar-refractivity contribution >= 4 is 33.6 Å². The topological polar surface area (TPSA) is 80.6 Å². The highest BCUT2D eigenvalue weighted by Crippen LogP contribution is 2.58. The molecule has 0 unspecified atom stereocenters. The van der Waals surface area contributed by atoms with Crippen LogP contribution < -0.4 is 10.1 Å². The van der Waals surface area contributed by atoms with Crippen molar-refractivity contribution in [2.75, 3.05) is 7.11 Å². The van der Waals surface area contributed by atoms with E-state index in [2.05, 4.69) is 11.4 Å². The zero-order valence-electron chi connectivity index (χ0n) is 20.0. The highest BCUT2D eigenvalue weighted by Gasteiger charge is 2.55. The Kier molecular flexibility index (Phi) is 5.25. The number of ether oxygens (including phenoxy) is 1. The van der Waals surface area contributed by atoms with E-state index in [0.29, 0.717) is 35.9 Å². The molecule has 0 saturated heterocycles. The lowest BCUT2D eigenvalue weighted by Gasteiger charge is -2.56. The standard InChI is InChI=1S/C29H27FN2O4/c1-36-25-4-2-3-18-11-17(5-6-21(18)25)16-32-10-9-22-24(30)8-7-23(26(22)32)27(33)31-20-14-29(15-20)12-19(13-29)28(34)35/h2-11,19-20H,12-16H2,1H3,(H,31,33)(H,34,35). The van der Waals surface area contributed by atoms with Crippen LogP contribution in [0.2, 0.25) is 0 Å². The molecule has 0 atom stereocenters. The number of halogens is 1. The van der Waals surface area contributed by atoms with Gasteiger partial charge in [-0.3, -0.25) is 9.59 Å². The van der Waals surface area contributed by atoms with Crippen LogP contribution in [0.5, 0.6) is 5.75 Å². The first-order valence-electron chi connectivity index (χ1n) is 12.2. The summed E-state index contributed by atoms with van der Waals surface area (Å²) in [6, 6.07) is 16.6. The Labute approximate surface area is 207 Å². The number of carboxylic acids is 1. The maximum absolute atomic E-state index is 14.7. The first-order valence-corrected chi connectivity index (χ1v) is 12.2. The first kappa shape index (κ1) is 22.6. The van der Waals surface area contributed by atoms with Gasteiger partial charge in [-0.2, -0.15) is 0 Å². The predicted molar refractivity (Wildman–Crippen MR) is 135 cm³/mol. The highest BCUT2D eigenvalue weighted by atomic mass is 19.1. The maximum atomic E-state index is 14.7. The molecule has 184 valence electrons. The van der Waals surface area contributed by atoms with Gasteiger partial charge in [0, 0.05) is 29.6 Å². The van der Waals surface area contributed by atoms with Gasteiger partial charge in [0.05, 0.1) is 24.1 Å². The molecule has 1 spiro atoms. The molecule has 2 N–H and O–H groups in total. The van der Waals surface area contributed by atoms with Crippen LogP contribution in [0, 0.1) is 17.2 Å². The van der Waals surface area contributed by atoms with Crippen LogP contribution in [0.25, 0.3) is 21.7 Å². The minimum Gasteiger partial charge on any atom is -0.496 e. The molecule has 0 radical (unpaired) electrons. The van der Waals surface area contributed by atoms with Crippen LogP contribution in [-0.4, -0.2) is 34.7 Å². The van der Waals surface area contributed by atoms with Gasteiger partial charge in [-0.25, -0.2) is 4.39 Å². The number of aliphatic carboxylic acids is 1. The molecule has 2 saturated carbocycles. The molecule has 2 aliphatic carbocycles. The van der Waals surface area contributed by atoms with Crippen molar-refractivity contribution < 1.29 is 23.8 Å². The Morgan fingerprint density at radius 1 is 1.08 bits per heavy atom. The van der Waals surface area contributed by atoms with Gasteiger partial charge in [-0.15, -0.1) is 0 Å². The summed E-state index contributed by atoms with van der Waals surface area (Å²) in [4.78, 5) is 24.4. The zero-order valence-corrected chi connectivity index (χ0v) is 20.0.